The van der Waals surface area contributed by atoms with Gasteiger partial charge in [0.15, 0.2) is 0 Å². The first-order valence-electron chi connectivity index (χ1n) is 14.7. The third-order valence-corrected chi connectivity index (χ3v) is 9.60. The normalized spacial score (nSPS) is 19.7. The van der Waals surface area contributed by atoms with Crippen LogP contribution in [0.1, 0.15) is 43.0 Å². The van der Waals surface area contributed by atoms with Crippen LogP contribution in [0.25, 0.3) is 32.2 Å². The third kappa shape index (κ3) is 5.52. The van der Waals surface area contributed by atoms with Crippen LogP contribution < -0.4 is 9.74 Å². The monoisotopic (exact) mass is 579 g/mol. The maximum absolute atomic E-state index is 12.7. The first-order valence-corrected chi connectivity index (χ1v) is 15.5. The van der Waals surface area contributed by atoms with Crippen LogP contribution in [0, 0.1) is 5.92 Å². The fraction of sp³-hybridized carbons (Fsp3) is 0.344. The molecule has 1 aliphatic heterocycles. The molecule has 5 aromatic rings. The minimum atomic E-state index is -0.514. The molecule has 0 N–H and O–H groups in total. The molecule has 7 rings (SSSR count). The van der Waals surface area contributed by atoms with Gasteiger partial charge in [0.25, 0.3) is 0 Å². The van der Waals surface area contributed by atoms with E-state index >= 15 is 0 Å². The van der Waals surface area contributed by atoms with Crippen LogP contribution in [0.4, 0.5) is 5.69 Å². The minimum Gasteiger partial charge on any atom is -0.369 e. The van der Waals surface area contributed by atoms with Gasteiger partial charge in [0.2, 0.25) is 0 Å². The van der Waals surface area contributed by atoms with E-state index in [1.54, 1.807) is 18.2 Å². The number of para-hydroxylation sites is 1. The summed E-state index contributed by atoms with van der Waals surface area (Å²) < 4.78 is 0. The van der Waals surface area contributed by atoms with Crippen molar-refractivity contribution in [3.8, 4) is 21.1 Å². The molecule has 10 heteroatoms. The van der Waals surface area contributed by atoms with Crippen LogP contribution in [0.2, 0.25) is 0 Å². The summed E-state index contributed by atoms with van der Waals surface area (Å²) >= 11 is 1.54. The molecule has 1 saturated carbocycles. The van der Waals surface area contributed by atoms with Gasteiger partial charge in [0, 0.05) is 49.0 Å². The lowest BCUT2D eigenvalue weighted by Gasteiger charge is -2.42. The van der Waals surface area contributed by atoms with Crippen molar-refractivity contribution in [1.82, 2.24) is 30.3 Å². The number of aromatic nitrogens is 5. The van der Waals surface area contributed by atoms with Crippen molar-refractivity contribution in [2.75, 3.05) is 31.1 Å². The lowest BCUT2D eigenvalue weighted by Crippen LogP contribution is -2.51. The van der Waals surface area contributed by atoms with Crippen LogP contribution in [0.5, 0.6) is 0 Å². The number of piperazine rings is 1. The summed E-state index contributed by atoms with van der Waals surface area (Å²) in [5.74, 6) is 0.384. The summed E-state index contributed by atoms with van der Waals surface area (Å²) in [7, 11) is 0. The number of hydrogen-bond acceptors (Lipinski definition) is 9. The average molecular weight is 580 g/mol. The predicted octanol–water partition coefficient (Wildman–Crippen LogP) is 5.59. The lowest BCUT2D eigenvalue weighted by molar-refractivity contribution is 0.0409. The maximum Gasteiger partial charge on any atom is 0.365 e. The number of fused-ring (bicyclic) bond motifs is 1. The number of rotatable bonds is 6. The second kappa shape index (κ2) is 11.6. The molecule has 9 nitrogen and oxygen atoms in total. The molecule has 1 aliphatic carbocycles. The highest BCUT2D eigenvalue weighted by Gasteiger charge is 2.27. The standard InChI is InChI=1S/C32H33N7O2S/c1-22-6-14-26(15-7-22)37-18-20-38(21-19-37)27-16-12-24(13-17-27)31-35-34-30(42-31)23-8-10-25(11-9-23)32(40)41-39-29-5-3-2-4-28(29)33-36-39/h2-5,8-13,16-17,22,26H,6-7,14-15,18-21H2,1H3. The zero-order valence-corrected chi connectivity index (χ0v) is 24.4. The number of anilines is 1. The summed E-state index contributed by atoms with van der Waals surface area (Å²) in [4.78, 5) is 24.5. The Labute approximate surface area is 248 Å². The fourth-order valence-electron chi connectivity index (χ4n) is 6.02. The number of carbonyl (C=O) groups is 1. The van der Waals surface area contributed by atoms with Gasteiger partial charge in [-0.2, -0.15) is 0 Å². The van der Waals surface area contributed by atoms with Gasteiger partial charge in [-0.25, -0.2) is 4.79 Å². The first kappa shape index (κ1) is 26.7. The van der Waals surface area contributed by atoms with Crippen molar-refractivity contribution in [3.05, 3.63) is 78.4 Å². The zero-order valence-electron chi connectivity index (χ0n) is 23.6. The van der Waals surface area contributed by atoms with Crippen LogP contribution in [-0.4, -0.2) is 68.4 Å². The van der Waals surface area contributed by atoms with E-state index in [9.17, 15) is 4.79 Å². The summed E-state index contributed by atoms with van der Waals surface area (Å²) in [6, 6.07) is 23.9. The molecule has 0 radical (unpaired) electrons. The van der Waals surface area contributed by atoms with E-state index in [0.29, 0.717) is 16.6 Å². The third-order valence-electron chi connectivity index (χ3n) is 8.58. The summed E-state index contributed by atoms with van der Waals surface area (Å²) in [6.45, 7) is 6.84. The van der Waals surface area contributed by atoms with E-state index < -0.39 is 5.97 Å². The number of benzene rings is 3. The molecular weight excluding hydrogens is 546 g/mol. The van der Waals surface area contributed by atoms with Crippen molar-refractivity contribution in [2.24, 2.45) is 5.92 Å². The number of carbonyl (C=O) groups excluding carboxylic acids is 1. The van der Waals surface area contributed by atoms with Gasteiger partial charge in [0.05, 0.1) is 5.56 Å². The number of hydrogen-bond donors (Lipinski definition) is 0. The van der Waals surface area contributed by atoms with E-state index in [2.05, 4.69) is 61.5 Å². The zero-order chi connectivity index (χ0) is 28.5. The molecule has 3 heterocycles. The van der Waals surface area contributed by atoms with Gasteiger partial charge in [-0.1, -0.05) is 47.4 Å². The summed E-state index contributed by atoms with van der Waals surface area (Å²) in [6.07, 6.45) is 5.47. The van der Waals surface area contributed by atoms with E-state index in [-0.39, 0.29) is 0 Å². The van der Waals surface area contributed by atoms with E-state index in [4.69, 9.17) is 4.84 Å². The van der Waals surface area contributed by atoms with Crippen LogP contribution >= 0.6 is 11.3 Å². The van der Waals surface area contributed by atoms with Crippen LogP contribution in [0.15, 0.2) is 72.8 Å². The SMILES string of the molecule is CC1CCC(N2CCN(c3ccc(-c4nnc(-c5ccc(C(=O)On6nnc7ccccc76)cc5)s4)cc3)CC2)CC1. The molecule has 214 valence electrons. The molecule has 42 heavy (non-hydrogen) atoms. The van der Waals surface area contributed by atoms with Gasteiger partial charge in [0.1, 0.15) is 21.0 Å². The number of nitrogens with zero attached hydrogens (tertiary/aromatic N) is 7. The molecule has 2 aromatic heterocycles. The van der Waals surface area contributed by atoms with Crippen molar-refractivity contribution in [1.29, 1.82) is 0 Å². The van der Waals surface area contributed by atoms with Crippen molar-refractivity contribution in [3.63, 3.8) is 0 Å². The van der Waals surface area contributed by atoms with Crippen molar-refractivity contribution < 1.29 is 9.63 Å². The van der Waals surface area contributed by atoms with Gasteiger partial charge in [-0.05, 0) is 85.3 Å². The Bertz CT molecular complexity index is 1670. The maximum atomic E-state index is 12.7. The molecule has 1 saturated heterocycles. The Morgan fingerprint density at radius 3 is 2.12 bits per heavy atom. The molecule has 0 atom stereocenters. The van der Waals surface area contributed by atoms with Gasteiger partial charge in [-0.3, -0.25) is 4.90 Å². The van der Waals surface area contributed by atoms with Gasteiger partial charge < -0.3 is 9.74 Å². The highest BCUT2D eigenvalue weighted by atomic mass is 32.1. The quantitative estimate of drug-likeness (QED) is 0.241. The Morgan fingerprint density at radius 1 is 0.786 bits per heavy atom. The Kier molecular flexibility index (Phi) is 7.39. The second-order valence-electron chi connectivity index (χ2n) is 11.3. The smallest absolute Gasteiger partial charge is 0.365 e. The van der Waals surface area contributed by atoms with Crippen LogP contribution in [0.3, 0.4) is 0 Å². The van der Waals surface area contributed by atoms with Gasteiger partial charge in [-0.15, -0.1) is 15.3 Å². The predicted molar refractivity (Wildman–Crippen MR) is 164 cm³/mol. The van der Waals surface area contributed by atoms with Crippen molar-refractivity contribution in [2.45, 2.75) is 38.6 Å². The molecule has 0 spiro atoms. The van der Waals surface area contributed by atoms with E-state index in [1.165, 1.54) is 42.7 Å². The highest BCUT2D eigenvalue weighted by molar-refractivity contribution is 7.17. The largest absolute Gasteiger partial charge is 0.369 e. The Balaban J connectivity index is 0.965. The molecule has 2 aliphatic rings. The Hall–Kier alpha value is -4.15. The van der Waals surface area contributed by atoms with E-state index in [0.717, 1.165) is 64.1 Å². The molecule has 0 unspecified atom stereocenters. The van der Waals surface area contributed by atoms with Gasteiger partial charge >= 0.3 is 5.97 Å². The second-order valence-corrected chi connectivity index (χ2v) is 12.3. The molecule has 2 fully saturated rings. The topological polar surface area (TPSA) is 89.3 Å². The summed E-state index contributed by atoms with van der Waals surface area (Å²) in [5, 5.41) is 18.5. The van der Waals surface area contributed by atoms with Crippen LogP contribution in [-0.2, 0) is 0 Å². The lowest BCUT2D eigenvalue weighted by atomic mass is 9.86. The molecule has 0 bridgehead atoms. The molecular formula is C32H33N7O2S. The molecule has 0 amide bonds. The Morgan fingerprint density at radius 2 is 1.43 bits per heavy atom. The first-order chi connectivity index (χ1) is 20.6. The molecule has 3 aromatic carbocycles. The summed E-state index contributed by atoms with van der Waals surface area (Å²) in [5.41, 5.74) is 4.91. The fourth-order valence-corrected chi connectivity index (χ4v) is 6.87. The van der Waals surface area contributed by atoms with E-state index in [1.807, 2.05) is 30.3 Å². The highest BCUT2D eigenvalue weighted by Crippen LogP contribution is 2.32. The average Bonchev–Trinajstić information content (AvgIpc) is 3.70. The minimum absolute atomic E-state index is 0.410. The van der Waals surface area contributed by atoms with Crippen molar-refractivity contribution >= 4 is 34.0 Å².